The second-order valence-electron chi connectivity index (χ2n) is 9.79. The van der Waals surface area contributed by atoms with Gasteiger partial charge in [-0.2, -0.15) is 13.2 Å². The Kier molecular flexibility index (Phi) is 8.51. The molecular formula is C28H32F3N3O3. The van der Waals surface area contributed by atoms with Crippen LogP contribution in [0, 0.1) is 11.8 Å². The van der Waals surface area contributed by atoms with E-state index in [-0.39, 0.29) is 24.6 Å². The minimum Gasteiger partial charge on any atom is -0.466 e. The molecule has 198 valence electrons. The molecule has 0 aromatic heterocycles. The van der Waals surface area contributed by atoms with E-state index in [4.69, 9.17) is 4.74 Å². The van der Waals surface area contributed by atoms with Crippen LogP contribution in [0.1, 0.15) is 61.6 Å². The van der Waals surface area contributed by atoms with Gasteiger partial charge in [0.05, 0.1) is 18.4 Å². The summed E-state index contributed by atoms with van der Waals surface area (Å²) in [7, 11) is 0. The Morgan fingerprint density at radius 1 is 1.11 bits per heavy atom. The monoisotopic (exact) mass is 515 g/mol. The van der Waals surface area contributed by atoms with Crippen molar-refractivity contribution >= 4 is 17.7 Å². The summed E-state index contributed by atoms with van der Waals surface area (Å²) in [4.78, 5) is 25.2. The van der Waals surface area contributed by atoms with Gasteiger partial charge in [0, 0.05) is 12.1 Å². The number of rotatable bonds is 11. The van der Waals surface area contributed by atoms with Crippen molar-refractivity contribution in [1.82, 2.24) is 10.3 Å². The van der Waals surface area contributed by atoms with Crippen molar-refractivity contribution in [2.24, 2.45) is 16.9 Å². The Morgan fingerprint density at radius 3 is 2.46 bits per heavy atom. The van der Waals surface area contributed by atoms with Gasteiger partial charge < -0.3 is 10.1 Å². The zero-order valence-electron chi connectivity index (χ0n) is 20.8. The zero-order valence-corrected chi connectivity index (χ0v) is 20.8. The number of carbonyl (C=O) groups is 2. The van der Waals surface area contributed by atoms with Crippen molar-refractivity contribution in [3.63, 3.8) is 0 Å². The fraction of sp³-hybridized carbons (Fsp3) is 0.464. The van der Waals surface area contributed by atoms with Crippen LogP contribution in [0.4, 0.5) is 13.2 Å². The number of halogens is 3. The first-order valence-corrected chi connectivity index (χ1v) is 12.7. The molecule has 2 aromatic carbocycles. The van der Waals surface area contributed by atoms with Gasteiger partial charge in [-0.05, 0) is 35.6 Å². The second kappa shape index (κ2) is 11.8. The molecule has 1 heterocycles. The molecule has 4 rings (SSSR count). The number of ether oxygens (including phenoxy) is 1. The first kappa shape index (κ1) is 26.7. The largest absolute Gasteiger partial charge is 0.466 e. The molecule has 2 aliphatic rings. The molecule has 0 bridgehead atoms. The van der Waals surface area contributed by atoms with E-state index in [9.17, 15) is 22.8 Å². The van der Waals surface area contributed by atoms with E-state index >= 15 is 0 Å². The summed E-state index contributed by atoms with van der Waals surface area (Å²) in [5, 5.41) is 8.30. The molecule has 37 heavy (non-hydrogen) atoms. The number of hydrogen-bond donors (Lipinski definition) is 1. The lowest BCUT2D eigenvalue weighted by molar-refractivity contribution is -0.179. The van der Waals surface area contributed by atoms with Crippen LogP contribution in [0.3, 0.4) is 0 Å². The number of carbonyl (C=O) groups excluding carboxylic acids is 2. The third kappa shape index (κ3) is 7.33. The molecule has 2 amide bonds. The Morgan fingerprint density at radius 2 is 1.81 bits per heavy atom. The highest BCUT2D eigenvalue weighted by molar-refractivity contribution is 5.97. The normalized spacial score (nSPS) is 17.6. The molecule has 9 heteroatoms. The summed E-state index contributed by atoms with van der Waals surface area (Å²) in [6.45, 7) is 1.38. The zero-order chi connectivity index (χ0) is 26.4. The number of nitrogens with zero attached hydrogens (tertiary/aromatic N) is 2. The van der Waals surface area contributed by atoms with Crippen LogP contribution >= 0.6 is 0 Å². The van der Waals surface area contributed by atoms with Gasteiger partial charge in [0.15, 0.2) is 6.61 Å². The maximum absolute atomic E-state index is 13.6. The third-order valence-corrected chi connectivity index (χ3v) is 6.86. The molecule has 1 fully saturated rings. The van der Waals surface area contributed by atoms with Gasteiger partial charge in [0.2, 0.25) is 11.8 Å². The van der Waals surface area contributed by atoms with Crippen LogP contribution in [-0.2, 0) is 20.9 Å². The van der Waals surface area contributed by atoms with E-state index in [1.807, 2.05) is 30.3 Å². The number of hydrogen-bond acceptors (Lipinski definition) is 4. The van der Waals surface area contributed by atoms with Crippen molar-refractivity contribution in [1.29, 1.82) is 0 Å². The number of unbranched alkanes of at least 4 members (excludes halogenated alkanes) is 1. The molecule has 1 N–H and O–H groups in total. The van der Waals surface area contributed by atoms with Crippen LogP contribution in [0.2, 0.25) is 0 Å². The lowest BCUT2D eigenvalue weighted by atomic mass is 9.85. The second-order valence-corrected chi connectivity index (χ2v) is 9.79. The highest BCUT2D eigenvalue weighted by atomic mass is 19.4. The molecule has 1 aliphatic heterocycles. The first-order chi connectivity index (χ1) is 17.7. The van der Waals surface area contributed by atoms with Gasteiger partial charge in [-0.1, -0.05) is 75.1 Å². The quantitative estimate of drug-likeness (QED) is 0.408. The average molecular weight is 516 g/mol. The van der Waals surface area contributed by atoms with Gasteiger partial charge in [0.25, 0.3) is 5.91 Å². The minimum atomic E-state index is -4.52. The van der Waals surface area contributed by atoms with E-state index < -0.39 is 23.9 Å². The van der Waals surface area contributed by atoms with Crippen molar-refractivity contribution in [3.8, 4) is 0 Å². The van der Waals surface area contributed by atoms with Crippen LogP contribution in [0.5, 0.6) is 0 Å². The van der Waals surface area contributed by atoms with Crippen molar-refractivity contribution < 1.29 is 27.5 Å². The maximum atomic E-state index is 13.6. The van der Waals surface area contributed by atoms with Gasteiger partial charge >= 0.3 is 6.18 Å². The fourth-order valence-electron chi connectivity index (χ4n) is 4.39. The molecule has 0 spiro atoms. The van der Waals surface area contributed by atoms with E-state index in [1.54, 1.807) is 12.1 Å². The fourth-order valence-corrected chi connectivity index (χ4v) is 4.39. The summed E-state index contributed by atoms with van der Waals surface area (Å²) in [5.41, 5.74) is 1.69. The summed E-state index contributed by atoms with van der Waals surface area (Å²) in [5.74, 6) is -3.04. The summed E-state index contributed by atoms with van der Waals surface area (Å²) < 4.78 is 46.4. The topological polar surface area (TPSA) is 71.0 Å². The Balaban J connectivity index is 1.43. The maximum Gasteiger partial charge on any atom is 0.392 e. The summed E-state index contributed by atoms with van der Waals surface area (Å²) in [6.07, 6.45) is 0.834. The van der Waals surface area contributed by atoms with Crippen LogP contribution in [0.25, 0.3) is 0 Å². The Hall–Kier alpha value is -3.36. The molecule has 0 radical (unpaired) electrons. The highest BCUT2D eigenvalue weighted by Crippen LogP contribution is 2.38. The van der Waals surface area contributed by atoms with Gasteiger partial charge in [-0.15, -0.1) is 5.10 Å². The number of alkyl halides is 3. The Labute approximate surface area is 214 Å². The smallest absolute Gasteiger partial charge is 0.392 e. The number of amides is 2. The van der Waals surface area contributed by atoms with Crippen molar-refractivity contribution in [2.75, 3.05) is 13.2 Å². The lowest BCUT2D eigenvalue weighted by Gasteiger charge is -2.26. The summed E-state index contributed by atoms with van der Waals surface area (Å²) >= 11 is 0. The highest BCUT2D eigenvalue weighted by Gasteiger charge is 2.44. The van der Waals surface area contributed by atoms with Crippen LogP contribution in [-0.4, -0.2) is 42.0 Å². The van der Waals surface area contributed by atoms with Gasteiger partial charge in [0.1, 0.15) is 0 Å². The SMILES string of the molecule is CC(C(C(=O)NCCCCC1CC1)c1ccc(CN2N=C(c3ccccc3)OCC2=O)cc1)C(F)(F)F. The van der Waals surface area contributed by atoms with Crippen LogP contribution < -0.4 is 5.32 Å². The van der Waals surface area contributed by atoms with E-state index in [2.05, 4.69) is 10.4 Å². The van der Waals surface area contributed by atoms with Gasteiger partial charge in [-0.3, -0.25) is 9.59 Å². The van der Waals surface area contributed by atoms with E-state index in [0.29, 0.717) is 18.0 Å². The van der Waals surface area contributed by atoms with Crippen molar-refractivity contribution in [3.05, 3.63) is 71.3 Å². The van der Waals surface area contributed by atoms with E-state index in [1.165, 1.54) is 30.0 Å². The molecule has 2 atom stereocenters. The first-order valence-electron chi connectivity index (χ1n) is 12.7. The lowest BCUT2D eigenvalue weighted by Crippen LogP contribution is -2.38. The van der Waals surface area contributed by atoms with Gasteiger partial charge in [-0.25, -0.2) is 5.01 Å². The van der Waals surface area contributed by atoms with Crippen molar-refractivity contribution in [2.45, 2.75) is 57.7 Å². The standard InChI is InChI=1S/C28H32F3N3O3/c1-19(28(29,30)31)25(26(36)32-16-6-5-7-20-10-11-20)22-14-12-21(13-15-22)17-34-24(35)18-37-27(33-34)23-8-3-2-4-9-23/h2-4,8-9,12-15,19-20,25H,5-7,10-11,16-18H2,1H3,(H,32,36). The number of nitrogens with one attached hydrogen (secondary N) is 1. The minimum absolute atomic E-state index is 0.130. The predicted octanol–water partition coefficient (Wildman–Crippen LogP) is 5.39. The summed E-state index contributed by atoms with van der Waals surface area (Å²) in [6, 6.07) is 15.5. The van der Waals surface area contributed by atoms with Crippen LogP contribution in [0.15, 0.2) is 59.7 Å². The number of benzene rings is 2. The Bertz CT molecular complexity index is 1100. The molecule has 1 aliphatic carbocycles. The molecule has 2 unspecified atom stereocenters. The molecular weight excluding hydrogens is 483 g/mol. The van der Waals surface area contributed by atoms with E-state index in [0.717, 1.165) is 37.7 Å². The molecule has 6 nitrogen and oxygen atoms in total. The third-order valence-electron chi connectivity index (χ3n) is 6.86. The molecule has 1 saturated carbocycles. The predicted molar refractivity (Wildman–Crippen MR) is 133 cm³/mol. The number of hydrazone groups is 1. The molecule has 0 saturated heterocycles. The average Bonchev–Trinajstić information content (AvgIpc) is 3.71. The molecule has 2 aromatic rings.